The van der Waals surface area contributed by atoms with Gasteiger partial charge in [0.15, 0.2) is 0 Å². The minimum atomic E-state index is -0.654. The number of ether oxygens (including phenoxy) is 2. The number of hydrogen-bond acceptors (Lipinski definition) is 10. The van der Waals surface area contributed by atoms with Crippen molar-refractivity contribution < 1.29 is 23.9 Å². The monoisotopic (exact) mass is 628 g/mol. The first-order valence-electron chi connectivity index (χ1n) is 15.0. The van der Waals surface area contributed by atoms with Crippen molar-refractivity contribution in [1.82, 2.24) is 24.8 Å². The van der Waals surface area contributed by atoms with Crippen molar-refractivity contribution in [3.63, 3.8) is 0 Å². The minimum absolute atomic E-state index is 0.0419. The number of fused-ring (bicyclic) bond motifs is 1. The molecule has 0 bridgehead atoms. The molecule has 13 nitrogen and oxygen atoms in total. The molecule has 13 heteroatoms. The number of hydrogen-bond donors (Lipinski definition) is 3. The van der Waals surface area contributed by atoms with Gasteiger partial charge in [-0.2, -0.15) is 0 Å². The summed E-state index contributed by atoms with van der Waals surface area (Å²) in [5.41, 5.74) is 3.27. The van der Waals surface area contributed by atoms with Crippen molar-refractivity contribution in [3.8, 4) is 0 Å². The number of carbonyl (C=O) groups excluding carboxylic acids is 3. The Morgan fingerprint density at radius 3 is 2.43 bits per heavy atom. The molecule has 242 valence electrons. The second kappa shape index (κ2) is 16.1. The molecule has 46 heavy (non-hydrogen) atoms. The van der Waals surface area contributed by atoms with E-state index in [-0.39, 0.29) is 43.9 Å². The minimum Gasteiger partial charge on any atom is -0.466 e. The lowest BCUT2D eigenvalue weighted by Gasteiger charge is -2.21. The fourth-order valence-electron chi connectivity index (χ4n) is 4.66. The highest BCUT2D eigenvalue weighted by Crippen LogP contribution is 2.21. The highest BCUT2D eigenvalue weighted by molar-refractivity contribution is 6.07. The Bertz CT molecular complexity index is 1650. The highest BCUT2D eigenvalue weighted by atomic mass is 16.5. The van der Waals surface area contributed by atoms with E-state index in [4.69, 9.17) is 19.9 Å². The second-order valence-corrected chi connectivity index (χ2v) is 10.7. The van der Waals surface area contributed by atoms with Gasteiger partial charge in [-0.1, -0.05) is 6.07 Å². The van der Waals surface area contributed by atoms with Crippen molar-refractivity contribution in [1.29, 1.82) is 5.41 Å². The maximum absolute atomic E-state index is 13.6. The average Bonchev–Trinajstić information content (AvgIpc) is 3.37. The molecule has 0 radical (unpaired) electrons. The summed E-state index contributed by atoms with van der Waals surface area (Å²) in [7, 11) is 5.80. The van der Waals surface area contributed by atoms with Crippen molar-refractivity contribution in [2.24, 2.45) is 7.05 Å². The van der Waals surface area contributed by atoms with E-state index in [0.29, 0.717) is 35.4 Å². The molecule has 0 fully saturated rings. The lowest BCUT2D eigenvalue weighted by Crippen LogP contribution is -2.34. The van der Waals surface area contributed by atoms with Crippen LogP contribution >= 0.6 is 0 Å². The predicted molar refractivity (Wildman–Crippen MR) is 176 cm³/mol. The van der Waals surface area contributed by atoms with Crippen molar-refractivity contribution >= 4 is 46.3 Å². The Hall–Kier alpha value is -5.30. The van der Waals surface area contributed by atoms with E-state index in [0.717, 1.165) is 23.6 Å². The number of aromatic nitrogens is 3. The molecule has 4 aromatic rings. The van der Waals surface area contributed by atoms with E-state index in [2.05, 4.69) is 15.6 Å². The van der Waals surface area contributed by atoms with E-state index < -0.39 is 6.09 Å². The van der Waals surface area contributed by atoms with Crippen LogP contribution < -0.4 is 15.5 Å². The molecule has 3 N–H and O–H groups in total. The number of rotatable bonds is 14. The third-order valence-electron chi connectivity index (χ3n) is 7.07. The first-order valence-corrected chi connectivity index (χ1v) is 15.0. The molecular weight excluding hydrogens is 588 g/mol. The maximum Gasteiger partial charge on any atom is 0.412 e. The molecule has 0 aliphatic rings. The summed E-state index contributed by atoms with van der Waals surface area (Å²) in [6.07, 6.45) is 1.70. The Kier molecular flexibility index (Phi) is 11.8. The van der Waals surface area contributed by atoms with Crippen LogP contribution in [0.2, 0.25) is 0 Å². The standard InChI is InChI=1S/C33H40N8O5/c1-5-45-30(42)16-19-41(28-9-6-7-17-35-28)32(43)24-12-15-27-26(21-24)37-29(40(27)4)22-36-25-13-10-23(11-14-25)31(34)38-33(44)46-20-8-18-39(2)3/h6-7,9-15,17,21,36H,5,8,16,18-20,22H2,1-4H3,(H2,34,38,44). The molecule has 2 aromatic carbocycles. The summed E-state index contributed by atoms with van der Waals surface area (Å²) in [5.74, 6) is 0.457. The van der Waals surface area contributed by atoms with Gasteiger partial charge in [-0.25, -0.2) is 14.8 Å². The van der Waals surface area contributed by atoms with Gasteiger partial charge in [0.1, 0.15) is 17.5 Å². The number of nitrogens with one attached hydrogen (secondary N) is 3. The van der Waals surface area contributed by atoms with Gasteiger partial charge < -0.3 is 24.3 Å². The van der Waals surface area contributed by atoms with Crippen LogP contribution in [0.3, 0.4) is 0 Å². The van der Waals surface area contributed by atoms with Crippen LogP contribution in [0, 0.1) is 5.41 Å². The lowest BCUT2D eigenvalue weighted by atomic mass is 10.1. The molecular formula is C33H40N8O5. The number of anilines is 2. The Balaban J connectivity index is 1.39. The summed E-state index contributed by atoms with van der Waals surface area (Å²) in [6.45, 7) is 3.62. The Morgan fingerprint density at radius 2 is 1.74 bits per heavy atom. The largest absolute Gasteiger partial charge is 0.466 e. The van der Waals surface area contributed by atoms with E-state index in [1.807, 2.05) is 48.8 Å². The van der Waals surface area contributed by atoms with Crippen LogP contribution in [-0.2, 0) is 27.9 Å². The van der Waals surface area contributed by atoms with E-state index >= 15 is 0 Å². The maximum atomic E-state index is 13.6. The van der Waals surface area contributed by atoms with Gasteiger partial charge in [-0.3, -0.25) is 25.2 Å². The van der Waals surface area contributed by atoms with E-state index in [9.17, 15) is 14.4 Å². The summed E-state index contributed by atoms with van der Waals surface area (Å²) in [4.78, 5) is 50.2. The smallest absolute Gasteiger partial charge is 0.412 e. The number of pyridine rings is 1. The number of nitrogens with zero attached hydrogens (tertiary/aromatic N) is 5. The predicted octanol–water partition coefficient (Wildman–Crippen LogP) is 4.18. The molecule has 4 rings (SSSR count). The van der Waals surface area contributed by atoms with Crippen molar-refractivity contribution in [3.05, 3.63) is 83.8 Å². The number of imidazole rings is 1. The third kappa shape index (κ3) is 9.11. The van der Waals surface area contributed by atoms with Crippen molar-refractivity contribution in [2.45, 2.75) is 26.3 Å². The molecule has 0 atom stereocenters. The number of carbonyl (C=O) groups is 3. The fraction of sp³-hybridized carbons (Fsp3) is 0.333. The average molecular weight is 629 g/mol. The zero-order chi connectivity index (χ0) is 33.1. The van der Waals surface area contributed by atoms with Crippen LogP contribution in [0.1, 0.15) is 41.5 Å². The third-order valence-corrected chi connectivity index (χ3v) is 7.07. The molecule has 0 aliphatic heterocycles. The Labute approximate surface area is 268 Å². The van der Waals surface area contributed by atoms with Gasteiger partial charge in [0.2, 0.25) is 0 Å². The zero-order valence-corrected chi connectivity index (χ0v) is 26.6. The van der Waals surface area contributed by atoms with E-state index in [1.165, 1.54) is 4.90 Å². The lowest BCUT2D eigenvalue weighted by molar-refractivity contribution is -0.142. The quantitative estimate of drug-likeness (QED) is 0.0807. The molecule has 0 saturated heterocycles. The number of aryl methyl sites for hydroxylation is 1. The molecule has 2 heterocycles. The first-order chi connectivity index (χ1) is 22.2. The number of esters is 1. The van der Waals surface area contributed by atoms with Gasteiger partial charge >= 0.3 is 12.1 Å². The summed E-state index contributed by atoms with van der Waals surface area (Å²) in [5, 5.41) is 14.0. The molecule has 0 aliphatic carbocycles. The van der Waals surface area contributed by atoms with E-state index in [1.54, 1.807) is 55.6 Å². The molecule has 0 spiro atoms. The first kappa shape index (κ1) is 33.6. The van der Waals surface area contributed by atoms with Crippen LogP contribution in [0.5, 0.6) is 0 Å². The van der Waals surface area contributed by atoms with Crippen LogP contribution in [0.15, 0.2) is 66.9 Å². The zero-order valence-electron chi connectivity index (χ0n) is 26.6. The van der Waals surface area contributed by atoms with Crippen LogP contribution in [-0.4, -0.2) is 83.6 Å². The molecule has 0 unspecified atom stereocenters. The SMILES string of the molecule is CCOC(=O)CCN(C(=O)c1ccc2c(c1)nc(CNc1ccc(C(=N)NC(=O)OCCCN(C)C)cc1)n2C)c1ccccn1. The normalized spacial score (nSPS) is 10.9. The van der Waals surface area contributed by atoms with Gasteiger partial charge in [0.25, 0.3) is 5.91 Å². The summed E-state index contributed by atoms with van der Waals surface area (Å²) in [6, 6.07) is 17.7. The summed E-state index contributed by atoms with van der Waals surface area (Å²) >= 11 is 0. The van der Waals surface area contributed by atoms with Crippen LogP contribution in [0.4, 0.5) is 16.3 Å². The van der Waals surface area contributed by atoms with Crippen molar-refractivity contribution in [2.75, 3.05) is 50.6 Å². The van der Waals surface area contributed by atoms with Gasteiger partial charge in [0, 0.05) is 43.1 Å². The van der Waals surface area contributed by atoms with Gasteiger partial charge in [-0.05, 0) is 82.0 Å². The topological polar surface area (TPSA) is 155 Å². The van der Waals surface area contributed by atoms with Gasteiger partial charge in [-0.15, -0.1) is 0 Å². The molecule has 2 aromatic heterocycles. The number of benzene rings is 2. The van der Waals surface area contributed by atoms with Crippen LogP contribution in [0.25, 0.3) is 11.0 Å². The Morgan fingerprint density at radius 1 is 0.978 bits per heavy atom. The highest BCUT2D eigenvalue weighted by Gasteiger charge is 2.21. The summed E-state index contributed by atoms with van der Waals surface area (Å²) < 4.78 is 12.1. The number of amides is 2. The van der Waals surface area contributed by atoms with Gasteiger partial charge in [0.05, 0.1) is 37.2 Å². The fourth-order valence-corrected chi connectivity index (χ4v) is 4.66. The molecule has 2 amide bonds. The number of alkyl carbamates (subject to hydrolysis) is 1. The number of amidine groups is 1. The molecule has 0 saturated carbocycles. The second-order valence-electron chi connectivity index (χ2n) is 10.7.